The van der Waals surface area contributed by atoms with E-state index in [-0.39, 0.29) is 41.5 Å². The SMILES string of the molecule is C=C(CCC(NC(=O)NC(C(=O)CC(C(=C)NCCCC(C)(F)F)[C@H]1C[C@H]1CC)C1CCCCC1)C(C)(C)C)CNCC.C=CCNC(=C)C(=C)C.CCC. The molecule has 2 fully saturated rings. The number of amides is 2. The van der Waals surface area contributed by atoms with Gasteiger partial charge >= 0.3 is 6.03 Å². The van der Waals surface area contributed by atoms with Gasteiger partial charge in [-0.05, 0) is 87.7 Å². The minimum Gasteiger partial charge on any atom is -0.389 e. The summed E-state index contributed by atoms with van der Waals surface area (Å²) >= 11 is 0. The van der Waals surface area contributed by atoms with Crippen LogP contribution in [0, 0.1) is 29.1 Å². The van der Waals surface area contributed by atoms with Crippen LogP contribution in [0.5, 0.6) is 0 Å². The fourth-order valence-electron chi connectivity index (χ4n) is 6.97. The highest BCUT2D eigenvalue weighted by molar-refractivity contribution is 5.89. The van der Waals surface area contributed by atoms with Gasteiger partial charge < -0.3 is 26.6 Å². The summed E-state index contributed by atoms with van der Waals surface area (Å²) in [6.07, 6.45) is 12.4. The third-order valence-corrected chi connectivity index (χ3v) is 10.5. The van der Waals surface area contributed by atoms with Crippen LogP contribution in [0.3, 0.4) is 0 Å². The van der Waals surface area contributed by atoms with Gasteiger partial charge in [0.2, 0.25) is 5.92 Å². The van der Waals surface area contributed by atoms with Crippen molar-refractivity contribution >= 4 is 11.8 Å². The number of nitrogens with one attached hydrogen (secondary N) is 5. The molecular weight excluding hydrogens is 693 g/mol. The first-order valence-electron chi connectivity index (χ1n) is 21.2. The predicted molar refractivity (Wildman–Crippen MR) is 232 cm³/mol. The number of carbonyl (C=O) groups excluding carboxylic acids is 2. The third kappa shape index (κ3) is 23.7. The molecule has 0 aromatic rings. The van der Waals surface area contributed by atoms with Crippen LogP contribution in [0.1, 0.15) is 146 Å². The van der Waals surface area contributed by atoms with Crippen LogP contribution in [-0.2, 0) is 4.79 Å². The zero-order valence-corrected chi connectivity index (χ0v) is 36.7. The molecule has 2 aliphatic rings. The summed E-state index contributed by atoms with van der Waals surface area (Å²) < 4.78 is 26.6. The van der Waals surface area contributed by atoms with E-state index in [0.717, 1.165) is 107 Å². The number of carbonyl (C=O) groups is 2. The number of allylic oxidation sites excluding steroid dienone is 2. The number of Topliss-reactive ketones (excluding diaryl/α,β-unsaturated/α-hetero) is 1. The van der Waals surface area contributed by atoms with Crippen LogP contribution in [0.25, 0.3) is 0 Å². The molecule has 0 aromatic carbocycles. The maximum absolute atomic E-state index is 14.1. The van der Waals surface area contributed by atoms with Crippen molar-refractivity contribution in [3.8, 4) is 0 Å². The van der Waals surface area contributed by atoms with Gasteiger partial charge in [0.25, 0.3) is 0 Å². The molecule has 55 heavy (non-hydrogen) atoms. The summed E-state index contributed by atoms with van der Waals surface area (Å²) in [6, 6.07) is -0.900. The molecule has 2 aliphatic carbocycles. The van der Waals surface area contributed by atoms with Crippen molar-refractivity contribution in [3.63, 3.8) is 0 Å². The maximum atomic E-state index is 14.1. The molecule has 5 atom stereocenters. The van der Waals surface area contributed by atoms with Gasteiger partial charge in [-0.2, -0.15) is 0 Å². The number of alkyl halides is 2. The molecule has 0 heterocycles. The van der Waals surface area contributed by atoms with Gasteiger partial charge in [0, 0.05) is 55.8 Å². The number of halogens is 2. The van der Waals surface area contributed by atoms with Gasteiger partial charge in [0.15, 0.2) is 5.78 Å². The molecule has 9 heteroatoms. The molecule has 0 saturated heterocycles. The quantitative estimate of drug-likeness (QED) is 0.0382. The Labute approximate surface area is 336 Å². The van der Waals surface area contributed by atoms with E-state index in [1.807, 2.05) is 6.92 Å². The first kappa shape index (κ1) is 52.1. The monoisotopic (exact) mass is 776 g/mol. The second-order valence-corrected chi connectivity index (χ2v) is 17.1. The molecule has 318 valence electrons. The molecule has 0 spiro atoms. The highest BCUT2D eigenvalue weighted by Crippen LogP contribution is 2.49. The number of ketones is 1. The van der Waals surface area contributed by atoms with E-state index in [2.05, 4.69) is 108 Å². The average Bonchev–Trinajstić information content (AvgIpc) is 3.90. The van der Waals surface area contributed by atoms with Crippen LogP contribution in [0.2, 0.25) is 0 Å². The summed E-state index contributed by atoms with van der Waals surface area (Å²) in [5, 5.41) is 16.0. The Balaban J connectivity index is 0.00000209. The van der Waals surface area contributed by atoms with E-state index < -0.39 is 12.0 Å². The number of urea groups is 1. The zero-order valence-electron chi connectivity index (χ0n) is 36.7. The molecule has 2 amide bonds. The predicted octanol–water partition coefficient (Wildman–Crippen LogP) is 11.0. The van der Waals surface area contributed by atoms with Gasteiger partial charge in [0.1, 0.15) is 0 Å². The Kier molecular flexibility index (Phi) is 26.1. The van der Waals surface area contributed by atoms with E-state index in [4.69, 9.17) is 0 Å². The Hall–Kier alpha value is -2.94. The average molecular weight is 776 g/mol. The normalized spacial score (nSPS) is 18.4. The van der Waals surface area contributed by atoms with Crippen molar-refractivity contribution in [1.82, 2.24) is 26.6 Å². The number of likely N-dealkylation sites (N-methyl/N-ethyl adjacent to an activating group) is 1. The minimum atomic E-state index is -2.69. The summed E-state index contributed by atoms with van der Waals surface area (Å²) in [4.78, 5) is 27.5. The molecule has 2 saturated carbocycles. The molecule has 2 rings (SSSR count). The van der Waals surface area contributed by atoms with Gasteiger partial charge in [-0.25, -0.2) is 13.6 Å². The summed E-state index contributed by atoms with van der Waals surface area (Å²) in [7, 11) is 0. The van der Waals surface area contributed by atoms with Crippen LogP contribution >= 0.6 is 0 Å². The zero-order chi connectivity index (χ0) is 42.2. The van der Waals surface area contributed by atoms with Crippen molar-refractivity contribution in [2.75, 3.05) is 26.2 Å². The van der Waals surface area contributed by atoms with E-state index in [9.17, 15) is 18.4 Å². The second kappa shape index (κ2) is 27.6. The smallest absolute Gasteiger partial charge is 0.315 e. The lowest BCUT2D eigenvalue weighted by Gasteiger charge is -2.35. The van der Waals surface area contributed by atoms with Crippen molar-refractivity contribution in [3.05, 3.63) is 61.5 Å². The fraction of sp³-hybridized carbons (Fsp3) is 0.739. The number of hydrogen-bond donors (Lipinski definition) is 5. The largest absolute Gasteiger partial charge is 0.389 e. The van der Waals surface area contributed by atoms with Gasteiger partial charge in [-0.15, -0.1) is 6.58 Å². The van der Waals surface area contributed by atoms with Crippen LogP contribution in [0.15, 0.2) is 61.5 Å². The van der Waals surface area contributed by atoms with E-state index in [1.54, 1.807) is 6.08 Å². The molecule has 3 unspecified atom stereocenters. The van der Waals surface area contributed by atoms with Crippen molar-refractivity contribution in [2.45, 2.75) is 164 Å². The van der Waals surface area contributed by atoms with E-state index in [1.165, 1.54) is 6.42 Å². The summed E-state index contributed by atoms with van der Waals surface area (Å²) in [6.45, 7) is 40.0. The summed E-state index contributed by atoms with van der Waals surface area (Å²) in [5.41, 5.74) is 3.58. The highest BCUT2D eigenvalue weighted by atomic mass is 19.3. The Bertz CT molecular complexity index is 1180. The Morgan fingerprint density at radius 2 is 1.55 bits per heavy atom. The van der Waals surface area contributed by atoms with Crippen LogP contribution in [0.4, 0.5) is 13.6 Å². The molecule has 0 radical (unpaired) electrons. The van der Waals surface area contributed by atoms with Gasteiger partial charge in [0.05, 0.1) is 6.04 Å². The maximum Gasteiger partial charge on any atom is 0.315 e. The molecule has 5 N–H and O–H groups in total. The lowest BCUT2D eigenvalue weighted by atomic mass is 9.79. The topological polar surface area (TPSA) is 94.3 Å². The van der Waals surface area contributed by atoms with E-state index >= 15 is 0 Å². The van der Waals surface area contributed by atoms with Crippen molar-refractivity contribution < 1.29 is 18.4 Å². The first-order chi connectivity index (χ1) is 25.8. The fourth-order valence-corrected chi connectivity index (χ4v) is 6.97. The Morgan fingerprint density at radius 1 is 0.927 bits per heavy atom. The Morgan fingerprint density at radius 3 is 2.04 bits per heavy atom. The van der Waals surface area contributed by atoms with Gasteiger partial charge in [-0.1, -0.05) is 119 Å². The van der Waals surface area contributed by atoms with Crippen molar-refractivity contribution in [2.24, 2.45) is 29.1 Å². The lowest BCUT2D eigenvalue weighted by molar-refractivity contribution is -0.123. The van der Waals surface area contributed by atoms with E-state index in [0.29, 0.717) is 31.2 Å². The van der Waals surface area contributed by atoms with Crippen LogP contribution < -0.4 is 26.6 Å². The number of hydrogen-bond acceptors (Lipinski definition) is 5. The molecule has 0 aromatic heterocycles. The second-order valence-electron chi connectivity index (χ2n) is 17.1. The van der Waals surface area contributed by atoms with Crippen molar-refractivity contribution in [1.29, 1.82) is 0 Å². The highest BCUT2D eigenvalue weighted by Gasteiger charge is 2.44. The molecule has 0 bridgehead atoms. The molecule has 0 aliphatic heterocycles. The molecular formula is C46H83F2N5O2. The first-order valence-corrected chi connectivity index (χ1v) is 21.2. The summed E-state index contributed by atoms with van der Waals surface area (Å²) in [5.74, 6) is -1.65. The number of rotatable bonds is 24. The standard InChI is InChI=1S/C35H62F2N4O2.C8H13N.C3H8/c1-9-26-21-29(26)28(25(4)39-20-14-19-35(8,36)37)22-30(42)32(27-15-12-11-13-16-27)41-33(43)40-31(34(5,6)7)18-17-24(3)23-38-10-2;1-5-6-9-8(4)7(2)3;1-3-2/h26-29,31-32,38-39H,3-4,9-23H2,1-2,5-8H3,(H2,40,41,43);5,9H,1-2,4,6H2,3H3;3H2,1-2H3/t26-,28?,29+,31?,32?;;/m1../s1. The molecule has 7 nitrogen and oxygen atoms in total. The minimum absolute atomic E-state index is 0.0550. The lowest BCUT2D eigenvalue weighted by Crippen LogP contribution is -2.54. The van der Waals surface area contributed by atoms with Crippen LogP contribution in [-0.4, -0.2) is 56.0 Å². The van der Waals surface area contributed by atoms with Gasteiger partial charge in [-0.3, -0.25) is 4.79 Å². The third-order valence-electron chi connectivity index (χ3n) is 10.5.